The summed E-state index contributed by atoms with van der Waals surface area (Å²) in [5.74, 6) is -0.485. The number of ether oxygens (including phenoxy) is 1. The molecule has 0 aliphatic heterocycles. The van der Waals surface area contributed by atoms with Gasteiger partial charge in [-0.15, -0.1) is 23.1 Å². The van der Waals surface area contributed by atoms with Crippen molar-refractivity contribution in [3.05, 3.63) is 81.3 Å². The van der Waals surface area contributed by atoms with Gasteiger partial charge in [0.05, 0.1) is 17.9 Å². The predicted molar refractivity (Wildman–Crippen MR) is 162 cm³/mol. The van der Waals surface area contributed by atoms with Crippen LogP contribution in [0.15, 0.2) is 59.6 Å². The Labute approximate surface area is 246 Å². The molecule has 4 aromatic rings. The number of thioether (sulfide) groups is 1. The van der Waals surface area contributed by atoms with Gasteiger partial charge in [0.25, 0.3) is 5.91 Å². The second kappa shape index (κ2) is 12.9. The molecule has 2 aromatic carbocycles. The van der Waals surface area contributed by atoms with Crippen molar-refractivity contribution in [1.82, 2.24) is 9.88 Å². The van der Waals surface area contributed by atoms with Crippen LogP contribution in [0.2, 0.25) is 5.02 Å². The molecule has 1 aliphatic carbocycles. The number of carbonyl (C=O) groups is 3. The van der Waals surface area contributed by atoms with Gasteiger partial charge in [0.15, 0.2) is 0 Å². The van der Waals surface area contributed by atoms with Crippen molar-refractivity contribution in [3.63, 3.8) is 0 Å². The van der Waals surface area contributed by atoms with Crippen LogP contribution in [-0.2, 0) is 28.9 Å². The Balaban J connectivity index is 1.24. The number of benzene rings is 2. The van der Waals surface area contributed by atoms with E-state index < -0.39 is 0 Å². The summed E-state index contributed by atoms with van der Waals surface area (Å²) in [6.45, 7) is 3.11. The van der Waals surface area contributed by atoms with Gasteiger partial charge < -0.3 is 19.9 Å². The molecule has 1 aliphatic rings. The summed E-state index contributed by atoms with van der Waals surface area (Å²) in [6.07, 6.45) is 5.91. The predicted octanol–water partition coefficient (Wildman–Crippen LogP) is 6.57. The molecule has 0 fully saturated rings. The van der Waals surface area contributed by atoms with E-state index in [-0.39, 0.29) is 23.5 Å². The molecule has 7 nitrogen and oxygen atoms in total. The average molecular weight is 596 g/mol. The highest BCUT2D eigenvalue weighted by atomic mass is 35.5. The van der Waals surface area contributed by atoms with E-state index in [0.29, 0.717) is 40.8 Å². The highest BCUT2D eigenvalue weighted by molar-refractivity contribution is 8.00. The first-order valence-corrected chi connectivity index (χ1v) is 15.5. The summed E-state index contributed by atoms with van der Waals surface area (Å²) in [4.78, 5) is 40.4. The van der Waals surface area contributed by atoms with Crippen molar-refractivity contribution in [2.75, 3.05) is 24.2 Å². The first-order chi connectivity index (χ1) is 19.4. The van der Waals surface area contributed by atoms with Crippen molar-refractivity contribution in [2.45, 2.75) is 44.0 Å². The molecule has 0 bridgehead atoms. The number of para-hydroxylation sites is 1. The average Bonchev–Trinajstić information content (AvgIpc) is 3.50. The number of nitrogens with zero attached hydrogens (tertiary/aromatic N) is 1. The molecule has 0 atom stereocenters. The number of hydrogen-bond acceptors (Lipinski definition) is 6. The summed E-state index contributed by atoms with van der Waals surface area (Å²) in [6, 6.07) is 14.8. The summed E-state index contributed by atoms with van der Waals surface area (Å²) in [5, 5.41) is 8.17. The Morgan fingerprint density at radius 3 is 2.65 bits per heavy atom. The Kier molecular flexibility index (Phi) is 9.14. The van der Waals surface area contributed by atoms with Gasteiger partial charge in [-0.25, -0.2) is 4.79 Å². The normalized spacial score (nSPS) is 12.7. The number of aryl methyl sites for hydroxylation is 1. The van der Waals surface area contributed by atoms with Gasteiger partial charge in [-0.3, -0.25) is 9.59 Å². The van der Waals surface area contributed by atoms with Crippen LogP contribution in [0.5, 0.6) is 0 Å². The Bertz CT molecular complexity index is 1540. The number of thiophene rings is 1. The lowest BCUT2D eigenvalue weighted by Crippen LogP contribution is -2.27. The third-order valence-corrected chi connectivity index (χ3v) is 9.26. The van der Waals surface area contributed by atoms with E-state index in [0.717, 1.165) is 47.0 Å². The van der Waals surface area contributed by atoms with Crippen molar-refractivity contribution in [3.8, 4) is 0 Å². The quantitative estimate of drug-likeness (QED) is 0.160. The number of esters is 1. The zero-order valence-electron chi connectivity index (χ0n) is 22.1. The molecule has 2 aromatic heterocycles. The summed E-state index contributed by atoms with van der Waals surface area (Å²) in [7, 11) is 0. The van der Waals surface area contributed by atoms with Crippen LogP contribution in [0.3, 0.4) is 0 Å². The maximum absolute atomic E-state index is 13.0. The SMILES string of the molecule is CCOC(=O)c1c(NC(=O)CSc2cn(CCNC(=O)c3ccc(Cl)cc3)c3ccccc23)sc2c1CCCC2. The molecule has 40 heavy (non-hydrogen) atoms. The van der Waals surface area contributed by atoms with Crippen LogP contribution < -0.4 is 10.6 Å². The topological polar surface area (TPSA) is 89.4 Å². The van der Waals surface area contributed by atoms with Gasteiger partial charge in [-0.05, 0) is 68.5 Å². The highest BCUT2D eigenvalue weighted by Crippen LogP contribution is 2.39. The molecule has 0 saturated heterocycles. The number of hydrogen-bond donors (Lipinski definition) is 2. The first kappa shape index (κ1) is 28.3. The van der Waals surface area contributed by atoms with Gasteiger partial charge in [-0.2, -0.15) is 0 Å². The van der Waals surface area contributed by atoms with Crippen LogP contribution in [0, 0.1) is 0 Å². The van der Waals surface area contributed by atoms with E-state index in [1.165, 1.54) is 28.0 Å². The maximum atomic E-state index is 13.0. The Morgan fingerprint density at radius 2 is 1.85 bits per heavy atom. The standard InChI is InChI=1S/C30H30ClN3O4S2/c1-2-38-30(37)27-22-8-4-6-10-24(22)40-29(27)33-26(35)18-39-25-17-34(23-9-5-3-7-21(23)25)16-15-32-28(36)19-11-13-20(31)14-12-19/h3,5,7,9,11-14,17H,2,4,6,8,10,15-16,18H2,1H3,(H,32,36)(H,33,35). The number of rotatable bonds is 10. The fourth-order valence-corrected chi connectivity index (χ4v) is 7.19. The van der Waals surface area contributed by atoms with E-state index in [9.17, 15) is 14.4 Å². The molecule has 5 rings (SSSR count). The second-order valence-corrected chi connectivity index (χ2v) is 12.0. The number of nitrogens with one attached hydrogen (secondary N) is 2. The molecule has 0 radical (unpaired) electrons. The molecule has 2 heterocycles. The minimum Gasteiger partial charge on any atom is -0.462 e. The molecule has 0 spiro atoms. The van der Waals surface area contributed by atoms with E-state index in [1.807, 2.05) is 30.5 Å². The van der Waals surface area contributed by atoms with Crippen LogP contribution in [0.4, 0.5) is 5.00 Å². The zero-order chi connectivity index (χ0) is 28.1. The summed E-state index contributed by atoms with van der Waals surface area (Å²) in [5.41, 5.74) is 3.14. The van der Waals surface area contributed by atoms with Crippen molar-refractivity contribution in [1.29, 1.82) is 0 Å². The third kappa shape index (κ3) is 6.37. The van der Waals surface area contributed by atoms with Crippen LogP contribution >= 0.6 is 34.7 Å². The number of fused-ring (bicyclic) bond motifs is 2. The van der Waals surface area contributed by atoms with E-state index >= 15 is 0 Å². The monoisotopic (exact) mass is 595 g/mol. The molecule has 10 heteroatoms. The number of amides is 2. The minimum absolute atomic E-state index is 0.156. The molecular formula is C30H30ClN3O4S2. The largest absolute Gasteiger partial charge is 0.462 e. The lowest BCUT2D eigenvalue weighted by molar-refractivity contribution is -0.113. The van der Waals surface area contributed by atoms with Crippen molar-refractivity contribution < 1.29 is 19.1 Å². The fourth-order valence-electron chi connectivity index (χ4n) is 4.89. The molecule has 2 amide bonds. The lowest BCUT2D eigenvalue weighted by Gasteiger charge is -2.12. The maximum Gasteiger partial charge on any atom is 0.341 e. The molecule has 0 saturated carbocycles. The highest BCUT2D eigenvalue weighted by Gasteiger charge is 2.27. The number of halogens is 1. The van der Waals surface area contributed by atoms with E-state index in [4.69, 9.17) is 16.3 Å². The third-order valence-electron chi connectivity index (χ3n) is 6.76. The molecule has 0 unspecified atom stereocenters. The van der Waals surface area contributed by atoms with Crippen molar-refractivity contribution >= 4 is 68.4 Å². The first-order valence-electron chi connectivity index (χ1n) is 13.3. The van der Waals surface area contributed by atoms with Gasteiger partial charge in [0.1, 0.15) is 5.00 Å². The van der Waals surface area contributed by atoms with E-state index in [2.05, 4.69) is 15.2 Å². The van der Waals surface area contributed by atoms with Crippen LogP contribution in [-0.4, -0.2) is 41.3 Å². The lowest BCUT2D eigenvalue weighted by atomic mass is 9.95. The Morgan fingerprint density at radius 1 is 1.07 bits per heavy atom. The zero-order valence-corrected chi connectivity index (χ0v) is 24.5. The molecular weight excluding hydrogens is 566 g/mol. The second-order valence-electron chi connectivity index (χ2n) is 9.44. The Hall–Kier alpha value is -3.27. The van der Waals surface area contributed by atoms with Crippen molar-refractivity contribution in [2.24, 2.45) is 0 Å². The van der Waals surface area contributed by atoms with E-state index in [1.54, 1.807) is 31.2 Å². The number of anilines is 1. The van der Waals surface area contributed by atoms with Gasteiger partial charge in [-0.1, -0.05) is 29.8 Å². The molecule has 2 N–H and O–H groups in total. The van der Waals surface area contributed by atoms with Gasteiger partial charge in [0, 0.05) is 50.5 Å². The number of aromatic nitrogens is 1. The van der Waals surface area contributed by atoms with Gasteiger partial charge in [0.2, 0.25) is 5.91 Å². The van der Waals surface area contributed by atoms with Crippen LogP contribution in [0.25, 0.3) is 10.9 Å². The van der Waals surface area contributed by atoms with Gasteiger partial charge >= 0.3 is 5.97 Å². The summed E-state index contributed by atoms with van der Waals surface area (Å²) >= 11 is 8.86. The molecule has 208 valence electrons. The number of carbonyl (C=O) groups excluding carboxylic acids is 3. The smallest absolute Gasteiger partial charge is 0.341 e. The summed E-state index contributed by atoms with van der Waals surface area (Å²) < 4.78 is 7.40. The minimum atomic E-state index is -0.365. The fraction of sp³-hybridized carbons (Fsp3) is 0.300. The van der Waals surface area contributed by atoms with Crippen LogP contribution in [0.1, 0.15) is 50.9 Å².